The molecular weight excluding hydrogens is 172 g/mol. The van der Waals surface area contributed by atoms with Crippen LogP contribution >= 0.6 is 0 Å². The Bertz CT molecular complexity index is 291. The lowest BCUT2D eigenvalue weighted by molar-refractivity contribution is 1.59. The number of rotatable bonds is 2. The summed E-state index contributed by atoms with van der Waals surface area (Å²) in [5, 5.41) is 1.55. The molecule has 1 heteroatoms. The van der Waals surface area contributed by atoms with Crippen LogP contribution in [0.3, 0.4) is 0 Å². The first-order chi connectivity index (χ1) is 6.05. The van der Waals surface area contributed by atoms with Crippen LogP contribution in [-0.4, -0.2) is 8.07 Å². The highest BCUT2D eigenvalue weighted by Gasteiger charge is 2.19. The van der Waals surface area contributed by atoms with Gasteiger partial charge in [-0.25, -0.2) is 0 Å². The van der Waals surface area contributed by atoms with E-state index in [1.54, 1.807) is 5.20 Å². The molecule has 70 valence electrons. The second kappa shape index (κ2) is 3.92. The standard InChI is InChI=1S/C12H18Si/c1-5-12(13(2,3)4)11-9-7-6-8-10-11/h5-10H,1-4H3/b12-5+. The van der Waals surface area contributed by atoms with Crippen molar-refractivity contribution in [1.82, 2.24) is 0 Å². The van der Waals surface area contributed by atoms with Gasteiger partial charge in [0.15, 0.2) is 0 Å². The molecule has 0 aliphatic rings. The maximum Gasteiger partial charge on any atom is 0.0779 e. The van der Waals surface area contributed by atoms with Gasteiger partial charge in [-0.3, -0.25) is 0 Å². The van der Waals surface area contributed by atoms with E-state index in [9.17, 15) is 0 Å². The van der Waals surface area contributed by atoms with Crippen LogP contribution in [0.2, 0.25) is 19.6 Å². The zero-order valence-corrected chi connectivity index (χ0v) is 9.96. The molecule has 0 aliphatic carbocycles. The highest BCUT2D eigenvalue weighted by molar-refractivity contribution is 6.93. The van der Waals surface area contributed by atoms with Crippen molar-refractivity contribution >= 4 is 13.3 Å². The first kappa shape index (κ1) is 10.3. The predicted octanol–water partition coefficient (Wildman–Crippen LogP) is 3.97. The van der Waals surface area contributed by atoms with Crippen LogP contribution in [0.5, 0.6) is 0 Å². The van der Waals surface area contributed by atoms with Crippen LogP contribution in [0.4, 0.5) is 0 Å². The maximum absolute atomic E-state index is 2.38. The van der Waals surface area contributed by atoms with Gasteiger partial charge in [0, 0.05) is 0 Å². The Kier molecular flexibility index (Phi) is 3.10. The van der Waals surface area contributed by atoms with Crippen LogP contribution in [0.1, 0.15) is 12.5 Å². The third kappa shape index (κ3) is 2.56. The van der Waals surface area contributed by atoms with E-state index in [-0.39, 0.29) is 0 Å². The molecule has 0 N–H and O–H groups in total. The molecule has 1 aromatic carbocycles. The van der Waals surface area contributed by atoms with Crippen LogP contribution < -0.4 is 0 Å². The van der Waals surface area contributed by atoms with Crippen molar-refractivity contribution in [3.8, 4) is 0 Å². The summed E-state index contributed by atoms with van der Waals surface area (Å²) in [6.07, 6.45) is 2.27. The molecule has 0 bridgehead atoms. The minimum absolute atomic E-state index is 1.17. The van der Waals surface area contributed by atoms with Gasteiger partial charge < -0.3 is 0 Å². The zero-order chi connectivity index (χ0) is 9.90. The fourth-order valence-corrected chi connectivity index (χ4v) is 3.55. The summed E-state index contributed by atoms with van der Waals surface area (Å²) in [6.45, 7) is 9.29. The molecule has 0 nitrogen and oxygen atoms in total. The molecule has 0 saturated heterocycles. The van der Waals surface area contributed by atoms with Crippen molar-refractivity contribution in [2.24, 2.45) is 0 Å². The Morgan fingerprint density at radius 3 is 2.00 bits per heavy atom. The summed E-state index contributed by atoms with van der Waals surface area (Å²) in [4.78, 5) is 0. The highest BCUT2D eigenvalue weighted by atomic mass is 28.3. The summed E-state index contributed by atoms with van der Waals surface area (Å²) in [5.74, 6) is 0. The second-order valence-corrected chi connectivity index (χ2v) is 9.36. The molecule has 0 atom stereocenters. The average Bonchev–Trinajstić information content (AvgIpc) is 2.05. The Morgan fingerprint density at radius 2 is 1.62 bits per heavy atom. The molecule has 0 spiro atoms. The topological polar surface area (TPSA) is 0 Å². The van der Waals surface area contributed by atoms with E-state index >= 15 is 0 Å². The molecule has 0 aliphatic heterocycles. The van der Waals surface area contributed by atoms with Crippen molar-refractivity contribution in [3.63, 3.8) is 0 Å². The summed E-state index contributed by atoms with van der Waals surface area (Å²) in [6, 6.07) is 10.7. The molecule has 0 radical (unpaired) electrons. The van der Waals surface area contributed by atoms with Crippen molar-refractivity contribution in [1.29, 1.82) is 0 Å². The van der Waals surface area contributed by atoms with Crippen molar-refractivity contribution in [2.45, 2.75) is 26.6 Å². The van der Waals surface area contributed by atoms with Gasteiger partial charge in [0.1, 0.15) is 0 Å². The van der Waals surface area contributed by atoms with Gasteiger partial charge in [-0.1, -0.05) is 61.2 Å². The van der Waals surface area contributed by atoms with E-state index in [4.69, 9.17) is 0 Å². The summed E-state index contributed by atoms with van der Waals surface area (Å²) in [7, 11) is -1.17. The van der Waals surface area contributed by atoms with Crippen LogP contribution in [0, 0.1) is 0 Å². The summed E-state index contributed by atoms with van der Waals surface area (Å²) < 4.78 is 0. The number of allylic oxidation sites excluding steroid dienone is 1. The minimum Gasteiger partial charge on any atom is -0.0878 e. The van der Waals surface area contributed by atoms with E-state index < -0.39 is 8.07 Å². The monoisotopic (exact) mass is 190 g/mol. The molecule has 0 aromatic heterocycles. The molecule has 1 aromatic rings. The third-order valence-corrected chi connectivity index (χ3v) is 4.37. The molecule has 0 heterocycles. The number of hydrogen-bond acceptors (Lipinski definition) is 0. The van der Waals surface area contributed by atoms with E-state index in [0.29, 0.717) is 0 Å². The molecule has 0 amide bonds. The lowest BCUT2D eigenvalue weighted by atomic mass is 10.2. The number of hydrogen-bond donors (Lipinski definition) is 0. The van der Waals surface area contributed by atoms with Gasteiger partial charge in [-0.2, -0.15) is 0 Å². The van der Waals surface area contributed by atoms with Gasteiger partial charge in [-0.05, 0) is 12.5 Å². The fraction of sp³-hybridized carbons (Fsp3) is 0.333. The van der Waals surface area contributed by atoms with E-state index in [1.807, 2.05) is 0 Å². The normalized spacial score (nSPS) is 13.1. The highest BCUT2D eigenvalue weighted by Crippen LogP contribution is 2.24. The predicted molar refractivity (Wildman–Crippen MR) is 63.4 cm³/mol. The molecule has 0 saturated carbocycles. The van der Waals surface area contributed by atoms with E-state index in [2.05, 4.69) is 63.0 Å². The lowest BCUT2D eigenvalue weighted by Crippen LogP contribution is -2.22. The molecule has 0 fully saturated rings. The van der Waals surface area contributed by atoms with Crippen LogP contribution in [-0.2, 0) is 0 Å². The van der Waals surface area contributed by atoms with Gasteiger partial charge in [0.05, 0.1) is 8.07 Å². The van der Waals surface area contributed by atoms with Gasteiger partial charge in [-0.15, -0.1) is 0 Å². The Balaban J connectivity index is 3.08. The summed E-state index contributed by atoms with van der Waals surface area (Å²) in [5.41, 5.74) is 1.39. The number of benzene rings is 1. The Hall–Kier alpha value is -0.823. The van der Waals surface area contributed by atoms with E-state index in [1.165, 1.54) is 5.56 Å². The smallest absolute Gasteiger partial charge is 0.0779 e. The van der Waals surface area contributed by atoms with E-state index in [0.717, 1.165) is 0 Å². The Morgan fingerprint density at radius 1 is 1.08 bits per heavy atom. The minimum atomic E-state index is -1.17. The second-order valence-electron chi connectivity index (χ2n) is 4.32. The molecule has 13 heavy (non-hydrogen) atoms. The van der Waals surface area contributed by atoms with Gasteiger partial charge in [0.2, 0.25) is 0 Å². The lowest BCUT2D eigenvalue weighted by Gasteiger charge is -2.20. The van der Waals surface area contributed by atoms with Gasteiger partial charge >= 0.3 is 0 Å². The first-order valence-electron chi connectivity index (χ1n) is 4.78. The average molecular weight is 190 g/mol. The van der Waals surface area contributed by atoms with Crippen LogP contribution in [0.25, 0.3) is 5.20 Å². The van der Waals surface area contributed by atoms with Crippen molar-refractivity contribution in [3.05, 3.63) is 42.0 Å². The SMILES string of the molecule is C/C=C(\c1ccccc1)[Si](C)(C)C. The molecule has 0 unspecified atom stereocenters. The quantitative estimate of drug-likeness (QED) is 0.619. The first-order valence-corrected chi connectivity index (χ1v) is 8.28. The van der Waals surface area contributed by atoms with Crippen LogP contribution in [0.15, 0.2) is 36.4 Å². The summed E-state index contributed by atoms with van der Waals surface area (Å²) >= 11 is 0. The largest absolute Gasteiger partial charge is 0.0878 e. The van der Waals surface area contributed by atoms with Crippen molar-refractivity contribution in [2.75, 3.05) is 0 Å². The fourth-order valence-electron chi connectivity index (χ4n) is 1.65. The maximum atomic E-state index is 2.38. The van der Waals surface area contributed by atoms with Gasteiger partial charge in [0.25, 0.3) is 0 Å². The zero-order valence-electron chi connectivity index (χ0n) is 8.96. The molecule has 1 rings (SSSR count). The third-order valence-electron chi connectivity index (χ3n) is 2.18. The van der Waals surface area contributed by atoms with Crippen molar-refractivity contribution < 1.29 is 0 Å². The molecular formula is C12H18Si. The Labute approximate surface area is 82.3 Å².